The number of rotatable bonds is 7. The van der Waals surface area contributed by atoms with Crippen LogP contribution >= 0.6 is 35.0 Å². The summed E-state index contributed by atoms with van der Waals surface area (Å²) in [6.07, 6.45) is -3.24. The minimum Gasteiger partial charge on any atom is -0.486 e. The molecular weight excluding hydrogens is 590 g/mol. The molecule has 0 atom stereocenters. The highest BCUT2D eigenvalue weighted by Gasteiger charge is 2.36. The zero-order chi connectivity index (χ0) is 29.0. The van der Waals surface area contributed by atoms with Crippen molar-refractivity contribution < 1.29 is 32.3 Å². The van der Waals surface area contributed by atoms with Gasteiger partial charge in [0, 0.05) is 11.3 Å². The van der Waals surface area contributed by atoms with Crippen molar-refractivity contribution in [2.75, 3.05) is 11.9 Å². The molecule has 0 unspecified atom stereocenters. The monoisotopic (exact) mass is 605 g/mol. The molecule has 7 nitrogen and oxygen atoms in total. The van der Waals surface area contributed by atoms with E-state index in [1.54, 1.807) is 24.3 Å². The second-order valence-electron chi connectivity index (χ2n) is 8.27. The van der Waals surface area contributed by atoms with E-state index in [1.165, 1.54) is 24.3 Å². The molecule has 13 heteroatoms. The number of imide groups is 1. The van der Waals surface area contributed by atoms with Gasteiger partial charge in [0.15, 0.2) is 5.75 Å². The van der Waals surface area contributed by atoms with E-state index < -0.39 is 35.3 Å². The number of nitrogens with zero attached hydrogens (tertiary/aromatic N) is 2. The zero-order valence-corrected chi connectivity index (χ0v) is 22.4. The molecule has 3 aromatic carbocycles. The molecule has 0 radical (unpaired) electrons. The maximum absolute atomic E-state index is 12.9. The molecule has 0 bridgehead atoms. The molecular formula is C27H16Cl2F3N3O4S. The van der Waals surface area contributed by atoms with Crippen LogP contribution in [-0.4, -0.2) is 28.5 Å². The Morgan fingerprint density at radius 3 is 2.45 bits per heavy atom. The van der Waals surface area contributed by atoms with Gasteiger partial charge >= 0.3 is 6.18 Å². The van der Waals surface area contributed by atoms with E-state index in [4.69, 9.17) is 27.9 Å². The molecule has 1 fully saturated rings. The molecule has 40 heavy (non-hydrogen) atoms. The Kier molecular flexibility index (Phi) is 8.73. The molecule has 3 aromatic rings. The number of nitrogens with one attached hydrogen (secondary N) is 1. The Hall–Kier alpha value is -3.98. The van der Waals surface area contributed by atoms with Crippen molar-refractivity contribution in [2.24, 2.45) is 0 Å². The lowest BCUT2D eigenvalue weighted by molar-refractivity contribution is -0.137. The number of halogens is 5. The van der Waals surface area contributed by atoms with Gasteiger partial charge in [-0.3, -0.25) is 19.3 Å². The smallest absolute Gasteiger partial charge is 0.416 e. The van der Waals surface area contributed by atoms with E-state index in [-0.39, 0.29) is 33.0 Å². The standard InChI is InChI=1S/C27H16Cl2F3N3O4S/c28-20-8-15(9-21(29)24(20)39-14-17-5-2-1-4-16(17)12-33)10-22-25(37)35(26(38)40-22)13-23(36)34-19-7-3-6-18(11-19)27(30,31)32/h1-11H,13-14H2,(H,34,36)/b22-10-. The Balaban J connectivity index is 1.44. The van der Waals surface area contributed by atoms with Gasteiger partial charge in [-0.25, -0.2) is 0 Å². The average Bonchev–Trinajstić information content (AvgIpc) is 3.15. The van der Waals surface area contributed by atoms with Crippen molar-refractivity contribution in [1.82, 2.24) is 4.90 Å². The summed E-state index contributed by atoms with van der Waals surface area (Å²) in [5.41, 5.74) is 0.349. The van der Waals surface area contributed by atoms with Crippen molar-refractivity contribution in [1.29, 1.82) is 5.26 Å². The SMILES string of the molecule is N#Cc1ccccc1COc1c(Cl)cc(/C=C2\SC(=O)N(CC(=O)Nc3cccc(C(F)(F)F)c3)C2=O)cc1Cl. The Bertz CT molecular complexity index is 1560. The number of carbonyl (C=O) groups is 3. The lowest BCUT2D eigenvalue weighted by Crippen LogP contribution is -2.36. The fourth-order valence-corrected chi connectivity index (χ4v) is 5.06. The van der Waals surface area contributed by atoms with Crippen LogP contribution < -0.4 is 10.1 Å². The zero-order valence-electron chi connectivity index (χ0n) is 20.1. The van der Waals surface area contributed by atoms with Crippen LogP contribution in [-0.2, 0) is 22.4 Å². The second kappa shape index (κ2) is 12.0. The molecule has 0 aromatic heterocycles. The first kappa shape index (κ1) is 29.0. The number of hydrogen-bond donors (Lipinski definition) is 1. The number of ether oxygens (including phenoxy) is 1. The van der Waals surface area contributed by atoms with Gasteiger partial charge in [-0.1, -0.05) is 47.5 Å². The van der Waals surface area contributed by atoms with Crippen molar-refractivity contribution in [3.8, 4) is 11.8 Å². The number of amides is 3. The third kappa shape index (κ3) is 6.77. The van der Waals surface area contributed by atoms with E-state index in [0.717, 1.165) is 18.2 Å². The summed E-state index contributed by atoms with van der Waals surface area (Å²) >= 11 is 13.3. The maximum atomic E-state index is 12.9. The van der Waals surface area contributed by atoms with Gasteiger partial charge in [0.25, 0.3) is 11.1 Å². The van der Waals surface area contributed by atoms with E-state index in [1.807, 2.05) is 0 Å². The molecule has 1 saturated heterocycles. The van der Waals surface area contributed by atoms with Crippen molar-refractivity contribution in [3.63, 3.8) is 0 Å². The number of alkyl halides is 3. The fourth-order valence-electron chi connectivity index (χ4n) is 3.61. The molecule has 0 saturated carbocycles. The number of benzene rings is 3. The first-order chi connectivity index (χ1) is 19.0. The second-order valence-corrected chi connectivity index (χ2v) is 10.1. The fraction of sp³-hybridized carbons (Fsp3) is 0.111. The van der Waals surface area contributed by atoms with Gasteiger partial charge in [-0.2, -0.15) is 18.4 Å². The van der Waals surface area contributed by atoms with Gasteiger partial charge in [0.05, 0.1) is 32.1 Å². The highest BCUT2D eigenvalue weighted by Crippen LogP contribution is 2.38. The quantitative estimate of drug-likeness (QED) is 0.287. The molecule has 1 heterocycles. The molecule has 1 N–H and O–H groups in total. The molecule has 0 spiro atoms. The largest absolute Gasteiger partial charge is 0.486 e. The van der Waals surface area contributed by atoms with Gasteiger partial charge in [0.1, 0.15) is 13.2 Å². The topological polar surface area (TPSA) is 99.5 Å². The highest BCUT2D eigenvalue weighted by atomic mass is 35.5. The first-order valence-corrected chi connectivity index (χ1v) is 12.9. The third-order valence-electron chi connectivity index (χ3n) is 5.48. The predicted octanol–water partition coefficient (Wildman–Crippen LogP) is 7.14. The van der Waals surface area contributed by atoms with Crippen LogP contribution in [0.2, 0.25) is 10.0 Å². The summed E-state index contributed by atoms with van der Waals surface area (Å²) in [5.74, 6) is -1.46. The molecule has 204 valence electrons. The number of anilines is 1. The lowest BCUT2D eigenvalue weighted by atomic mass is 10.1. The molecule has 4 rings (SSSR count). The summed E-state index contributed by atoms with van der Waals surface area (Å²) in [7, 11) is 0. The van der Waals surface area contributed by atoms with Gasteiger partial charge in [-0.15, -0.1) is 0 Å². The predicted molar refractivity (Wildman–Crippen MR) is 145 cm³/mol. The van der Waals surface area contributed by atoms with Crippen LogP contribution in [0, 0.1) is 11.3 Å². The van der Waals surface area contributed by atoms with Crippen molar-refractivity contribution in [3.05, 3.63) is 97.9 Å². The summed E-state index contributed by atoms with van der Waals surface area (Å²) in [6, 6.07) is 15.8. The summed E-state index contributed by atoms with van der Waals surface area (Å²) in [6.45, 7) is -0.666. The van der Waals surface area contributed by atoms with Crippen LogP contribution in [0.1, 0.15) is 22.3 Å². The Morgan fingerprint density at radius 1 is 1.07 bits per heavy atom. The van der Waals surface area contributed by atoms with Crippen LogP contribution in [0.15, 0.2) is 65.6 Å². The molecule has 1 aliphatic rings. The van der Waals surface area contributed by atoms with Crippen molar-refractivity contribution in [2.45, 2.75) is 12.8 Å². The highest BCUT2D eigenvalue weighted by molar-refractivity contribution is 8.18. The number of thioether (sulfide) groups is 1. The number of nitriles is 1. The van der Waals surface area contributed by atoms with E-state index in [2.05, 4.69) is 11.4 Å². The van der Waals surface area contributed by atoms with Gasteiger partial charge in [-0.05, 0) is 59.8 Å². The number of carbonyl (C=O) groups excluding carboxylic acids is 3. The normalized spacial score (nSPS) is 14.4. The minimum atomic E-state index is -4.60. The molecule has 3 amide bonds. The van der Waals surface area contributed by atoms with E-state index >= 15 is 0 Å². The minimum absolute atomic E-state index is 0.0133. The average molecular weight is 606 g/mol. The molecule has 0 aliphatic carbocycles. The van der Waals surface area contributed by atoms with E-state index in [9.17, 15) is 32.8 Å². The number of hydrogen-bond acceptors (Lipinski definition) is 6. The third-order valence-corrected chi connectivity index (χ3v) is 6.95. The summed E-state index contributed by atoms with van der Waals surface area (Å²) in [4.78, 5) is 38.3. The van der Waals surface area contributed by atoms with Crippen LogP contribution in [0.4, 0.5) is 23.7 Å². The molecule has 1 aliphatic heterocycles. The maximum Gasteiger partial charge on any atom is 0.416 e. The van der Waals surface area contributed by atoms with Crippen LogP contribution in [0.3, 0.4) is 0 Å². The van der Waals surface area contributed by atoms with Gasteiger partial charge in [0.2, 0.25) is 5.91 Å². The Labute approximate surface area is 240 Å². The Morgan fingerprint density at radius 2 is 1.77 bits per heavy atom. The van der Waals surface area contributed by atoms with Crippen molar-refractivity contribution >= 4 is 63.8 Å². The van der Waals surface area contributed by atoms with Crippen LogP contribution in [0.25, 0.3) is 6.08 Å². The lowest BCUT2D eigenvalue weighted by Gasteiger charge is -2.13. The first-order valence-electron chi connectivity index (χ1n) is 11.3. The van der Waals surface area contributed by atoms with Gasteiger partial charge < -0.3 is 10.1 Å². The van der Waals surface area contributed by atoms with Crippen LogP contribution in [0.5, 0.6) is 5.75 Å². The summed E-state index contributed by atoms with van der Waals surface area (Å²) in [5, 5.41) is 11.0. The van der Waals surface area contributed by atoms with E-state index in [0.29, 0.717) is 33.4 Å². The summed E-state index contributed by atoms with van der Waals surface area (Å²) < 4.78 is 44.5.